The molecule has 0 saturated carbocycles. The molecule has 0 aliphatic heterocycles. The van der Waals surface area contributed by atoms with E-state index in [0.717, 1.165) is 15.8 Å². The predicted octanol–water partition coefficient (Wildman–Crippen LogP) is 4.17. The highest BCUT2D eigenvalue weighted by Crippen LogP contribution is 2.35. The zero-order chi connectivity index (χ0) is 11.7. The van der Waals surface area contributed by atoms with Crippen LogP contribution in [0.25, 0.3) is 0 Å². The molecule has 0 fully saturated rings. The number of nitrogen functional groups attached to an aromatic ring is 1. The van der Waals surface area contributed by atoms with E-state index >= 15 is 0 Å². The molecule has 2 rings (SSSR count). The molecular weight excluding hydrogens is 284 g/mol. The molecule has 0 spiro atoms. The second kappa shape index (κ2) is 4.47. The molecular formula is C12H13BrN2S. The van der Waals surface area contributed by atoms with Gasteiger partial charge in [-0.15, -0.1) is 11.3 Å². The van der Waals surface area contributed by atoms with E-state index in [1.807, 2.05) is 20.0 Å². The van der Waals surface area contributed by atoms with Crippen LogP contribution in [0.3, 0.4) is 0 Å². The van der Waals surface area contributed by atoms with E-state index in [-0.39, 0.29) is 0 Å². The van der Waals surface area contributed by atoms with Crippen LogP contribution in [0.4, 0.5) is 16.4 Å². The summed E-state index contributed by atoms with van der Waals surface area (Å²) in [6.07, 6.45) is 0. The molecule has 16 heavy (non-hydrogen) atoms. The lowest BCUT2D eigenvalue weighted by Crippen LogP contribution is -2.10. The molecule has 1 heterocycles. The monoisotopic (exact) mass is 296 g/mol. The average Bonchev–Trinajstić information content (AvgIpc) is 2.64. The van der Waals surface area contributed by atoms with E-state index in [1.165, 1.54) is 10.6 Å². The molecule has 0 saturated heterocycles. The number of nitrogens with zero attached hydrogens (tertiary/aromatic N) is 1. The predicted molar refractivity (Wildman–Crippen MR) is 75.7 cm³/mol. The van der Waals surface area contributed by atoms with Gasteiger partial charge < -0.3 is 10.6 Å². The number of halogens is 1. The van der Waals surface area contributed by atoms with Crippen molar-refractivity contribution in [2.24, 2.45) is 0 Å². The largest absolute Gasteiger partial charge is 0.397 e. The summed E-state index contributed by atoms with van der Waals surface area (Å²) in [4.78, 5) is 2.10. The highest BCUT2D eigenvalue weighted by Gasteiger charge is 2.09. The van der Waals surface area contributed by atoms with Gasteiger partial charge in [-0.2, -0.15) is 0 Å². The number of thiophene rings is 1. The molecule has 0 aliphatic carbocycles. The molecule has 1 aromatic heterocycles. The molecule has 0 bridgehead atoms. The standard InChI is InChI=1S/C12H13BrN2S/c1-8-3-4-11(10(14)5-8)15(2)12-6-9(13)7-16-12/h3-7H,14H2,1-2H3. The summed E-state index contributed by atoms with van der Waals surface area (Å²) in [5.41, 5.74) is 9.05. The molecule has 0 amide bonds. The number of rotatable bonds is 2. The first-order chi connectivity index (χ1) is 7.58. The molecule has 1 aromatic carbocycles. The molecule has 0 radical (unpaired) electrons. The van der Waals surface area contributed by atoms with Gasteiger partial charge in [-0.3, -0.25) is 0 Å². The van der Waals surface area contributed by atoms with E-state index in [4.69, 9.17) is 5.73 Å². The van der Waals surface area contributed by atoms with Crippen molar-refractivity contribution in [2.45, 2.75) is 6.92 Å². The number of nitrogens with two attached hydrogens (primary N) is 1. The molecule has 0 atom stereocenters. The zero-order valence-electron chi connectivity index (χ0n) is 9.20. The Labute approximate surface area is 108 Å². The minimum atomic E-state index is 0.812. The van der Waals surface area contributed by atoms with Gasteiger partial charge in [-0.1, -0.05) is 6.07 Å². The Bertz CT molecular complexity index is 507. The van der Waals surface area contributed by atoms with Crippen molar-refractivity contribution < 1.29 is 0 Å². The van der Waals surface area contributed by atoms with E-state index in [1.54, 1.807) is 11.3 Å². The maximum absolute atomic E-state index is 6.02. The number of benzene rings is 1. The van der Waals surface area contributed by atoms with Crippen LogP contribution in [-0.4, -0.2) is 7.05 Å². The first kappa shape index (κ1) is 11.5. The van der Waals surface area contributed by atoms with Crippen molar-refractivity contribution in [2.75, 3.05) is 17.7 Å². The zero-order valence-corrected chi connectivity index (χ0v) is 11.6. The number of hydrogen-bond donors (Lipinski definition) is 1. The van der Waals surface area contributed by atoms with Crippen molar-refractivity contribution in [1.82, 2.24) is 0 Å². The third-order valence-electron chi connectivity index (χ3n) is 2.43. The summed E-state index contributed by atoms with van der Waals surface area (Å²) in [7, 11) is 2.03. The Morgan fingerprint density at radius 2 is 2.06 bits per heavy atom. The van der Waals surface area contributed by atoms with Crippen LogP contribution in [-0.2, 0) is 0 Å². The molecule has 4 heteroatoms. The van der Waals surface area contributed by atoms with Crippen LogP contribution < -0.4 is 10.6 Å². The Kier molecular flexibility index (Phi) is 3.21. The SMILES string of the molecule is Cc1ccc(N(C)c2cc(Br)cs2)c(N)c1. The molecule has 0 aliphatic rings. The van der Waals surface area contributed by atoms with Crippen LogP contribution in [0.1, 0.15) is 5.56 Å². The molecule has 84 valence electrons. The van der Waals surface area contributed by atoms with E-state index in [2.05, 4.69) is 44.4 Å². The smallest absolute Gasteiger partial charge is 0.0962 e. The molecule has 2 aromatic rings. The van der Waals surface area contributed by atoms with Gasteiger partial charge in [0.15, 0.2) is 0 Å². The summed E-state index contributed by atoms with van der Waals surface area (Å²) in [6.45, 7) is 2.04. The van der Waals surface area contributed by atoms with Crippen LogP contribution in [0, 0.1) is 6.92 Å². The van der Waals surface area contributed by atoms with Gasteiger partial charge in [-0.25, -0.2) is 0 Å². The summed E-state index contributed by atoms with van der Waals surface area (Å²) < 4.78 is 1.10. The van der Waals surface area contributed by atoms with Gasteiger partial charge in [0.2, 0.25) is 0 Å². The van der Waals surface area contributed by atoms with Gasteiger partial charge in [0.1, 0.15) is 0 Å². The van der Waals surface area contributed by atoms with Crippen molar-refractivity contribution >= 4 is 43.6 Å². The minimum Gasteiger partial charge on any atom is -0.397 e. The lowest BCUT2D eigenvalue weighted by Gasteiger charge is -2.19. The lowest BCUT2D eigenvalue weighted by molar-refractivity contribution is 1.23. The van der Waals surface area contributed by atoms with E-state index in [0.29, 0.717) is 0 Å². The van der Waals surface area contributed by atoms with Gasteiger partial charge in [-0.05, 0) is 46.6 Å². The van der Waals surface area contributed by atoms with Crippen molar-refractivity contribution in [3.8, 4) is 0 Å². The van der Waals surface area contributed by atoms with E-state index < -0.39 is 0 Å². The Morgan fingerprint density at radius 3 is 2.62 bits per heavy atom. The normalized spacial score (nSPS) is 10.4. The average molecular weight is 297 g/mol. The van der Waals surface area contributed by atoms with Crippen molar-refractivity contribution in [3.05, 3.63) is 39.7 Å². The Morgan fingerprint density at radius 1 is 1.31 bits per heavy atom. The molecule has 0 unspecified atom stereocenters. The van der Waals surface area contributed by atoms with Crippen molar-refractivity contribution in [1.29, 1.82) is 0 Å². The lowest BCUT2D eigenvalue weighted by atomic mass is 10.2. The number of aryl methyl sites for hydroxylation is 1. The summed E-state index contributed by atoms with van der Waals surface area (Å²) >= 11 is 5.14. The quantitative estimate of drug-likeness (QED) is 0.843. The van der Waals surface area contributed by atoms with Crippen LogP contribution in [0.2, 0.25) is 0 Å². The summed E-state index contributed by atoms with van der Waals surface area (Å²) in [5, 5.41) is 3.23. The van der Waals surface area contributed by atoms with Gasteiger partial charge in [0.05, 0.1) is 16.4 Å². The Balaban J connectivity index is 2.37. The molecule has 2 nitrogen and oxygen atoms in total. The summed E-state index contributed by atoms with van der Waals surface area (Å²) in [5.74, 6) is 0. The van der Waals surface area contributed by atoms with E-state index in [9.17, 15) is 0 Å². The van der Waals surface area contributed by atoms with Gasteiger partial charge >= 0.3 is 0 Å². The maximum atomic E-state index is 6.02. The topological polar surface area (TPSA) is 29.3 Å². The van der Waals surface area contributed by atoms with Gasteiger partial charge in [0.25, 0.3) is 0 Å². The maximum Gasteiger partial charge on any atom is 0.0962 e. The van der Waals surface area contributed by atoms with Crippen LogP contribution in [0.15, 0.2) is 34.1 Å². The highest BCUT2D eigenvalue weighted by molar-refractivity contribution is 9.10. The second-order valence-corrected chi connectivity index (χ2v) is 5.53. The Hall–Kier alpha value is -1.000. The fraction of sp³-hybridized carbons (Fsp3) is 0.167. The first-order valence-corrected chi connectivity index (χ1v) is 6.59. The first-order valence-electron chi connectivity index (χ1n) is 4.92. The minimum absolute atomic E-state index is 0.812. The van der Waals surface area contributed by atoms with Crippen molar-refractivity contribution in [3.63, 3.8) is 0 Å². The molecule has 2 N–H and O–H groups in total. The highest BCUT2D eigenvalue weighted by atomic mass is 79.9. The second-order valence-electron chi connectivity index (χ2n) is 3.72. The van der Waals surface area contributed by atoms with Gasteiger partial charge in [0, 0.05) is 16.9 Å². The fourth-order valence-electron chi connectivity index (χ4n) is 1.58. The third kappa shape index (κ3) is 2.23. The number of anilines is 3. The van der Waals surface area contributed by atoms with Crippen LogP contribution in [0.5, 0.6) is 0 Å². The third-order valence-corrected chi connectivity index (χ3v) is 4.19. The van der Waals surface area contributed by atoms with Crippen LogP contribution >= 0.6 is 27.3 Å². The number of hydrogen-bond acceptors (Lipinski definition) is 3. The fourth-order valence-corrected chi connectivity index (χ4v) is 2.98. The summed E-state index contributed by atoms with van der Waals surface area (Å²) in [6, 6.07) is 8.21.